The summed E-state index contributed by atoms with van der Waals surface area (Å²) < 4.78 is 13.7. The first-order chi connectivity index (χ1) is 9.06. The summed E-state index contributed by atoms with van der Waals surface area (Å²) in [6.45, 7) is 2.58. The molecule has 0 radical (unpaired) electrons. The molecule has 0 unspecified atom stereocenters. The van der Waals surface area contributed by atoms with E-state index in [9.17, 15) is 4.39 Å². The van der Waals surface area contributed by atoms with Crippen molar-refractivity contribution >= 4 is 27.7 Å². The zero-order chi connectivity index (χ0) is 13.8. The Morgan fingerprint density at radius 3 is 2.95 bits per heavy atom. The number of nitrogens with two attached hydrogens (primary N) is 1. The average molecular weight is 325 g/mol. The van der Waals surface area contributed by atoms with Crippen molar-refractivity contribution in [3.63, 3.8) is 0 Å². The van der Waals surface area contributed by atoms with Gasteiger partial charge in [0.15, 0.2) is 0 Å². The lowest BCUT2D eigenvalue weighted by Gasteiger charge is -2.09. The van der Waals surface area contributed by atoms with Crippen molar-refractivity contribution in [2.75, 3.05) is 17.6 Å². The summed E-state index contributed by atoms with van der Waals surface area (Å²) in [6.07, 6.45) is 2.39. The van der Waals surface area contributed by atoms with Crippen LogP contribution in [-0.4, -0.2) is 16.5 Å². The fraction of sp³-hybridized carbons (Fsp3) is 0.231. The molecule has 0 saturated carbocycles. The normalized spacial score (nSPS) is 10.5. The molecule has 2 rings (SSSR count). The molecule has 100 valence electrons. The van der Waals surface area contributed by atoms with Crippen LogP contribution < -0.4 is 11.1 Å². The van der Waals surface area contributed by atoms with Gasteiger partial charge in [0.05, 0.1) is 4.47 Å². The van der Waals surface area contributed by atoms with Gasteiger partial charge in [0.1, 0.15) is 11.6 Å². The van der Waals surface area contributed by atoms with E-state index < -0.39 is 0 Å². The van der Waals surface area contributed by atoms with E-state index in [-0.39, 0.29) is 11.8 Å². The van der Waals surface area contributed by atoms with E-state index in [1.54, 1.807) is 12.3 Å². The van der Waals surface area contributed by atoms with Crippen LogP contribution in [-0.2, 0) is 6.42 Å². The van der Waals surface area contributed by atoms with Gasteiger partial charge in [-0.25, -0.2) is 9.37 Å². The lowest BCUT2D eigenvalue weighted by atomic mass is 10.1. The number of benzene rings is 1. The first kappa shape index (κ1) is 13.7. The average Bonchev–Trinajstić information content (AvgIpc) is 2.36. The number of nitrogens with one attached hydrogen (secondary N) is 1. The number of aromatic nitrogens is 2. The van der Waals surface area contributed by atoms with E-state index in [2.05, 4.69) is 31.2 Å². The monoisotopic (exact) mass is 324 g/mol. The molecule has 1 aromatic heterocycles. The fourth-order valence-corrected chi connectivity index (χ4v) is 2.09. The van der Waals surface area contributed by atoms with Crippen LogP contribution >= 0.6 is 15.9 Å². The topological polar surface area (TPSA) is 63.8 Å². The van der Waals surface area contributed by atoms with E-state index in [4.69, 9.17) is 5.73 Å². The minimum Gasteiger partial charge on any atom is -0.369 e. The molecule has 4 nitrogen and oxygen atoms in total. The van der Waals surface area contributed by atoms with Crippen LogP contribution in [0, 0.1) is 12.7 Å². The Morgan fingerprint density at radius 1 is 1.42 bits per heavy atom. The number of halogens is 2. The summed E-state index contributed by atoms with van der Waals surface area (Å²) in [5, 5.41) is 3.17. The minimum atomic E-state index is -0.208. The zero-order valence-electron chi connectivity index (χ0n) is 10.5. The quantitative estimate of drug-likeness (QED) is 0.907. The van der Waals surface area contributed by atoms with E-state index in [0.717, 1.165) is 22.0 Å². The third-order valence-electron chi connectivity index (χ3n) is 2.75. The molecule has 2 aromatic rings. The second-order valence-electron chi connectivity index (χ2n) is 4.17. The third-order valence-corrected chi connectivity index (χ3v) is 3.33. The Bertz CT molecular complexity index is 589. The number of anilines is 2. The Morgan fingerprint density at radius 2 is 2.21 bits per heavy atom. The number of nitrogen functional groups attached to an aromatic ring is 1. The van der Waals surface area contributed by atoms with Gasteiger partial charge in [-0.05, 0) is 52.5 Å². The van der Waals surface area contributed by atoms with Crippen molar-refractivity contribution in [1.82, 2.24) is 9.97 Å². The minimum absolute atomic E-state index is 0.208. The van der Waals surface area contributed by atoms with Crippen LogP contribution in [0.5, 0.6) is 0 Å². The van der Waals surface area contributed by atoms with E-state index in [1.165, 1.54) is 12.1 Å². The first-order valence-electron chi connectivity index (χ1n) is 5.83. The highest BCUT2D eigenvalue weighted by atomic mass is 79.9. The maximum atomic E-state index is 13.0. The van der Waals surface area contributed by atoms with Gasteiger partial charge in [0.25, 0.3) is 0 Å². The molecule has 1 aromatic carbocycles. The summed E-state index contributed by atoms with van der Waals surface area (Å²) in [7, 11) is 0. The van der Waals surface area contributed by atoms with Crippen molar-refractivity contribution in [3.05, 3.63) is 45.8 Å². The van der Waals surface area contributed by atoms with Gasteiger partial charge in [0.2, 0.25) is 5.95 Å². The summed E-state index contributed by atoms with van der Waals surface area (Å²) in [4.78, 5) is 7.96. The SMILES string of the molecule is Cc1cc(F)ccc1CCNc1nc(N)ncc1Br. The molecule has 0 fully saturated rings. The number of hydrogen-bond donors (Lipinski definition) is 2. The van der Waals surface area contributed by atoms with Gasteiger partial charge < -0.3 is 11.1 Å². The van der Waals surface area contributed by atoms with Crippen molar-refractivity contribution in [3.8, 4) is 0 Å². The molecular formula is C13H14BrFN4. The molecule has 0 amide bonds. The zero-order valence-corrected chi connectivity index (χ0v) is 12.0. The van der Waals surface area contributed by atoms with Crippen LogP contribution in [0.25, 0.3) is 0 Å². The molecule has 6 heteroatoms. The van der Waals surface area contributed by atoms with Crippen LogP contribution in [0.4, 0.5) is 16.2 Å². The van der Waals surface area contributed by atoms with Gasteiger partial charge in [-0.15, -0.1) is 0 Å². The largest absolute Gasteiger partial charge is 0.369 e. The summed E-state index contributed by atoms with van der Waals surface area (Å²) in [5.41, 5.74) is 7.58. The summed E-state index contributed by atoms with van der Waals surface area (Å²) >= 11 is 3.35. The van der Waals surface area contributed by atoms with Crippen LogP contribution in [0.15, 0.2) is 28.9 Å². The highest BCUT2D eigenvalue weighted by Crippen LogP contribution is 2.19. The molecule has 0 aliphatic heterocycles. The highest BCUT2D eigenvalue weighted by molar-refractivity contribution is 9.10. The maximum absolute atomic E-state index is 13.0. The van der Waals surface area contributed by atoms with E-state index in [0.29, 0.717) is 12.4 Å². The van der Waals surface area contributed by atoms with Crippen molar-refractivity contribution < 1.29 is 4.39 Å². The van der Waals surface area contributed by atoms with Gasteiger partial charge >= 0.3 is 0 Å². The molecule has 1 heterocycles. The number of rotatable bonds is 4. The fourth-order valence-electron chi connectivity index (χ4n) is 1.76. The third kappa shape index (κ3) is 3.64. The van der Waals surface area contributed by atoms with E-state index in [1.807, 2.05) is 6.92 Å². The Hall–Kier alpha value is -1.69. The first-order valence-corrected chi connectivity index (χ1v) is 6.62. The molecular weight excluding hydrogens is 311 g/mol. The molecule has 0 spiro atoms. The maximum Gasteiger partial charge on any atom is 0.221 e. The van der Waals surface area contributed by atoms with Crippen LogP contribution in [0.2, 0.25) is 0 Å². The number of nitrogens with zero attached hydrogens (tertiary/aromatic N) is 2. The molecule has 0 atom stereocenters. The van der Waals surface area contributed by atoms with Crippen LogP contribution in [0.1, 0.15) is 11.1 Å². The predicted molar refractivity (Wildman–Crippen MR) is 77.5 cm³/mol. The smallest absolute Gasteiger partial charge is 0.221 e. The van der Waals surface area contributed by atoms with E-state index >= 15 is 0 Å². The second kappa shape index (κ2) is 5.97. The van der Waals surface area contributed by atoms with Gasteiger partial charge in [0, 0.05) is 12.7 Å². The molecule has 0 bridgehead atoms. The van der Waals surface area contributed by atoms with Crippen LogP contribution in [0.3, 0.4) is 0 Å². The second-order valence-corrected chi connectivity index (χ2v) is 5.03. The Kier molecular flexibility index (Phi) is 4.31. The molecule has 0 aliphatic carbocycles. The van der Waals surface area contributed by atoms with Crippen molar-refractivity contribution in [2.45, 2.75) is 13.3 Å². The number of hydrogen-bond acceptors (Lipinski definition) is 4. The highest BCUT2D eigenvalue weighted by Gasteiger charge is 2.04. The standard InChI is InChI=1S/C13H14BrFN4/c1-8-6-10(15)3-2-9(8)4-5-17-12-11(14)7-18-13(16)19-12/h2-3,6-7H,4-5H2,1H3,(H3,16,17,18,19). The summed E-state index contributed by atoms with van der Waals surface area (Å²) in [5.74, 6) is 0.677. The number of aryl methyl sites for hydroxylation is 1. The Balaban J connectivity index is 1.98. The lowest BCUT2D eigenvalue weighted by molar-refractivity contribution is 0.625. The van der Waals surface area contributed by atoms with Gasteiger partial charge in [-0.1, -0.05) is 6.07 Å². The molecule has 3 N–H and O–H groups in total. The van der Waals surface area contributed by atoms with Crippen molar-refractivity contribution in [1.29, 1.82) is 0 Å². The lowest BCUT2D eigenvalue weighted by Crippen LogP contribution is -2.09. The Labute approximate surface area is 119 Å². The molecule has 19 heavy (non-hydrogen) atoms. The predicted octanol–water partition coefficient (Wildman–Crippen LogP) is 2.92. The molecule has 0 aliphatic rings. The van der Waals surface area contributed by atoms with Gasteiger partial charge in [-0.3, -0.25) is 0 Å². The molecule has 0 saturated heterocycles. The van der Waals surface area contributed by atoms with Crippen molar-refractivity contribution in [2.24, 2.45) is 0 Å². The summed E-state index contributed by atoms with van der Waals surface area (Å²) in [6, 6.07) is 4.81. The van der Waals surface area contributed by atoms with Gasteiger partial charge in [-0.2, -0.15) is 4.98 Å².